The molecule has 3 rings (SSSR count). The van der Waals surface area contributed by atoms with Crippen LogP contribution in [0.3, 0.4) is 0 Å². The average Bonchev–Trinajstić information content (AvgIpc) is 3.12. The molecular weight excluding hydrogens is 380 g/mol. The molecule has 0 aromatic heterocycles. The molecule has 0 bridgehead atoms. The highest BCUT2D eigenvalue weighted by Gasteiger charge is 2.18. The van der Waals surface area contributed by atoms with Gasteiger partial charge in [-0.3, -0.25) is 4.79 Å². The summed E-state index contributed by atoms with van der Waals surface area (Å²) in [6, 6.07) is 11.1. The number of esters is 1. The summed E-state index contributed by atoms with van der Waals surface area (Å²) in [6.45, 7) is -0.145. The fraction of sp³-hybridized carbons (Fsp3) is 0.222. The topological polar surface area (TPSA) is 73.9 Å². The largest absolute Gasteiger partial charge is 0.454 e. The van der Waals surface area contributed by atoms with E-state index in [0.29, 0.717) is 11.5 Å². The van der Waals surface area contributed by atoms with Gasteiger partial charge in [-0.15, -0.1) is 0 Å². The number of fused-ring (bicyclic) bond motifs is 1. The second-order valence-electron chi connectivity index (χ2n) is 5.42. The number of hydrogen-bond donors (Lipinski definition) is 1. The van der Waals surface area contributed by atoms with E-state index in [4.69, 9.17) is 14.2 Å². The van der Waals surface area contributed by atoms with E-state index in [9.17, 15) is 18.4 Å². The first kappa shape index (κ1) is 19.0. The molecule has 6 nitrogen and oxygen atoms in total. The van der Waals surface area contributed by atoms with Gasteiger partial charge in [0, 0.05) is 11.4 Å². The van der Waals surface area contributed by atoms with Crippen LogP contribution in [0.5, 0.6) is 11.5 Å². The zero-order valence-corrected chi connectivity index (χ0v) is 14.8. The van der Waals surface area contributed by atoms with Crippen LogP contribution in [0.4, 0.5) is 8.78 Å². The highest BCUT2D eigenvalue weighted by Crippen LogP contribution is 2.32. The summed E-state index contributed by atoms with van der Waals surface area (Å²) in [6.07, 6.45) is 0. The molecule has 2 aromatic carbocycles. The molecule has 1 aliphatic heterocycles. The van der Waals surface area contributed by atoms with E-state index in [1.165, 1.54) is 18.2 Å². The Morgan fingerprint density at radius 2 is 1.93 bits per heavy atom. The number of thioether (sulfide) groups is 1. The van der Waals surface area contributed by atoms with Crippen molar-refractivity contribution in [2.75, 3.05) is 13.4 Å². The number of halogens is 2. The van der Waals surface area contributed by atoms with Crippen molar-refractivity contribution in [2.45, 2.75) is 17.2 Å². The molecule has 1 aliphatic rings. The summed E-state index contributed by atoms with van der Waals surface area (Å²) in [7, 11) is 0. The third kappa shape index (κ3) is 5.10. The fourth-order valence-electron chi connectivity index (χ4n) is 2.35. The molecule has 1 amide bonds. The predicted octanol–water partition coefficient (Wildman–Crippen LogP) is 3.20. The van der Waals surface area contributed by atoms with Crippen LogP contribution < -0.4 is 14.8 Å². The smallest absolute Gasteiger partial charge is 0.339 e. The molecule has 27 heavy (non-hydrogen) atoms. The van der Waals surface area contributed by atoms with Gasteiger partial charge in [-0.2, -0.15) is 8.78 Å². The summed E-state index contributed by atoms with van der Waals surface area (Å²) in [5, 5.41) is 2.61. The van der Waals surface area contributed by atoms with Gasteiger partial charge in [-0.25, -0.2) is 4.79 Å². The molecule has 1 heterocycles. The van der Waals surface area contributed by atoms with E-state index in [-0.39, 0.29) is 35.6 Å². The molecule has 0 saturated carbocycles. The van der Waals surface area contributed by atoms with Crippen LogP contribution in [0.25, 0.3) is 0 Å². The molecule has 0 saturated heterocycles. The van der Waals surface area contributed by atoms with E-state index in [1.54, 1.807) is 24.3 Å². The highest BCUT2D eigenvalue weighted by atomic mass is 32.2. The standard InChI is InChI=1S/C18H15F2NO5S/c19-18(20)27-15-4-2-1-3-12(15)17(23)24-9-16(22)21-8-11-5-6-13-14(7-11)26-10-25-13/h1-7,18H,8-10H2,(H,21,22). The summed E-state index contributed by atoms with van der Waals surface area (Å²) in [5.74, 6) is -2.78. The Kier molecular flexibility index (Phi) is 6.12. The Morgan fingerprint density at radius 1 is 1.15 bits per heavy atom. The van der Waals surface area contributed by atoms with E-state index < -0.39 is 24.2 Å². The van der Waals surface area contributed by atoms with E-state index in [0.717, 1.165) is 5.56 Å². The molecular formula is C18H15F2NO5S. The maximum atomic E-state index is 12.6. The molecule has 9 heteroatoms. The Morgan fingerprint density at radius 3 is 2.74 bits per heavy atom. The molecule has 142 valence electrons. The molecule has 0 spiro atoms. The first-order valence-electron chi connectivity index (χ1n) is 7.89. The summed E-state index contributed by atoms with van der Waals surface area (Å²) in [5.41, 5.74) is 0.781. The summed E-state index contributed by atoms with van der Waals surface area (Å²) >= 11 is 0.248. The maximum Gasteiger partial charge on any atom is 0.339 e. The number of alkyl halides is 2. The van der Waals surface area contributed by atoms with Gasteiger partial charge in [0.25, 0.3) is 11.7 Å². The number of rotatable bonds is 7. The fourth-order valence-corrected chi connectivity index (χ4v) is 2.97. The van der Waals surface area contributed by atoms with Crippen LogP contribution in [0.2, 0.25) is 0 Å². The Hall–Kier alpha value is -2.81. The van der Waals surface area contributed by atoms with Gasteiger partial charge in [-0.1, -0.05) is 30.0 Å². The monoisotopic (exact) mass is 395 g/mol. The molecule has 0 aliphatic carbocycles. The minimum absolute atomic E-state index is 0.00799. The van der Waals surface area contributed by atoms with E-state index in [2.05, 4.69) is 5.32 Å². The molecule has 1 N–H and O–H groups in total. The third-order valence-corrected chi connectivity index (χ3v) is 4.37. The zero-order chi connectivity index (χ0) is 19.2. The third-order valence-electron chi connectivity index (χ3n) is 3.58. The number of carbonyl (C=O) groups is 2. The SMILES string of the molecule is O=C(COC(=O)c1ccccc1SC(F)F)NCc1ccc2c(c1)OCO2. The van der Waals surface area contributed by atoms with Crippen molar-refractivity contribution in [3.05, 3.63) is 53.6 Å². The lowest BCUT2D eigenvalue weighted by Crippen LogP contribution is -2.28. The van der Waals surface area contributed by atoms with Gasteiger partial charge in [0.05, 0.1) is 5.56 Å². The maximum absolute atomic E-state index is 12.6. The lowest BCUT2D eigenvalue weighted by Gasteiger charge is -2.09. The van der Waals surface area contributed by atoms with Crippen molar-refractivity contribution in [3.63, 3.8) is 0 Å². The number of ether oxygens (including phenoxy) is 3. The number of benzene rings is 2. The summed E-state index contributed by atoms with van der Waals surface area (Å²) in [4.78, 5) is 24.0. The van der Waals surface area contributed by atoms with E-state index in [1.807, 2.05) is 0 Å². The zero-order valence-electron chi connectivity index (χ0n) is 13.9. The minimum Gasteiger partial charge on any atom is -0.454 e. The average molecular weight is 395 g/mol. The lowest BCUT2D eigenvalue weighted by atomic mass is 10.2. The van der Waals surface area contributed by atoms with Gasteiger partial charge < -0.3 is 19.5 Å². The van der Waals surface area contributed by atoms with Gasteiger partial charge in [0.2, 0.25) is 6.79 Å². The Bertz CT molecular complexity index is 846. The van der Waals surface area contributed by atoms with Crippen LogP contribution in [0.1, 0.15) is 15.9 Å². The van der Waals surface area contributed by atoms with Crippen molar-refractivity contribution in [1.29, 1.82) is 0 Å². The quantitative estimate of drug-likeness (QED) is 0.573. The normalized spacial score (nSPS) is 12.1. The Labute approximate surface area is 157 Å². The van der Waals surface area contributed by atoms with Crippen LogP contribution >= 0.6 is 11.8 Å². The van der Waals surface area contributed by atoms with E-state index >= 15 is 0 Å². The van der Waals surface area contributed by atoms with Crippen molar-refractivity contribution in [3.8, 4) is 11.5 Å². The van der Waals surface area contributed by atoms with Crippen LogP contribution in [0, 0.1) is 0 Å². The lowest BCUT2D eigenvalue weighted by molar-refractivity contribution is -0.124. The number of amides is 1. The summed E-state index contributed by atoms with van der Waals surface area (Å²) < 4.78 is 40.5. The van der Waals surface area contributed by atoms with Gasteiger partial charge in [-0.05, 0) is 29.8 Å². The number of nitrogens with one attached hydrogen (secondary N) is 1. The first-order valence-corrected chi connectivity index (χ1v) is 8.77. The predicted molar refractivity (Wildman–Crippen MR) is 93.0 cm³/mol. The number of carbonyl (C=O) groups excluding carboxylic acids is 2. The minimum atomic E-state index is -2.66. The van der Waals surface area contributed by atoms with Gasteiger partial charge >= 0.3 is 5.97 Å². The Balaban J connectivity index is 1.50. The first-order chi connectivity index (χ1) is 13.0. The van der Waals surface area contributed by atoms with Gasteiger partial charge in [0.1, 0.15) is 0 Å². The van der Waals surface area contributed by atoms with Gasteiger partial charge in [0.15, 0.2) is 18.1 Å². The van der Waals surface area contributed by atoms with Crippen LogP contribution in [-0.4, -0.2) is 31.0 Å². The van der Waals surface area contributed by atoms with Crippen molar-refractivity contribution >= 4 is 23.6 Å². The van der Waals surface area contributed by atoms with Crippen LogP contribution in [-0.2, 0) is 16.1 Å². The molecule has 0 unspecified atom stereocenters. The molecule has 0 atom stereocenters. The number of hydrogen-bond acceptors (Lipinski definition) is 6. The van der Waals surface area contributed by atoms with Crippen molar-refractivity contribution < 1.29 is 32.6 Å². The molecule has 0 fully saturated rings. The van der Waals surface area contributed by atoms with Crippen LogP contribution in [0.15, 0.2) is 47.4 Å². The second-order valence-corrected chi connectivity index (χ2v) is 6.45. The molecule has 2 aromatic rings. The van der Waals surface area contributed by atoms with Crippen molar-refractivity contribution in [1.82, 2.24) is 5.32 Å². The highest BCUT2D eigenvalue weighted by molar-refractivity contribution is 7.99. The molecule has 0 radical (unpaired) electrons. The van der Waals surface area contributed by atoms with Crippen molar-refractivity contribution in [2.24, 2.45) is 0 Å². The second kappa shape index (κ2) is 8.72.